The van der Waals surface area contributed by atoms with Gasteiger partial charge in [0.1, 0.15) is 11.9 Å². The topological polar surface area (TPSA) is 123 Å². The minimum atomic E-state index is -0.732. The van der Waals surface area contributed by atoms with Gasteiger partial charge in [-0.15, -0.1) is 0 Å². The lowest BCUT2D eigenvalue weighted by Gasteiger charge is -2.33. The van der Waals surface area contributed by atoms with Crippen LogP contribution in [-0.4, -0.2) is 49.2 Å². The first-order chi connectivity index (χ1) is 16.4. The summed E-state index contributed by atoms with van der Waals surface area (Å²) in [5.74, 6) is 1.00. The van der Waals surface area contributed by atoms with Crippen LogP contribution in [0.2, 0.25) is 0 Å². The minimum absolute atomic E-state index is 0.0125. The lowest BCUT2D eigenvalue weighted by Crippen LogP contribution is -2.36. The van der Waals surface area contributed by atoms with Gasteiger partial charge in [-0.05, 0) is 56.9 Å². The molecule has 4 aromatic rings. The summed E-state index contributed by atoms with van der Waals surface area (Å²) in [6.45, 7) is 1.80. The fourth-order valence-electron chi connectivity index (χ4n) is 4.16. The van der Waals surface area contributed by atoms with Crippen LogP contribution in [0.1, 0.15) is 32.6 Å². The highest BCUT2D eigenvalue weighted by molar-refractivity contribution is 5.76. The summed E-state index contributed by atoms with van der Waals surface area (Å²) < 4.78 is 11.1. The molecular formula is C25H25N5O4. The SMILES string of the molecule is COc1ccc2[nH]c(-c3ccc(-c4ccc(OC5CCC(C)(C(=O)O)CC5)nc4)nc3)nc2n1. The number of rotatable bonds is 6. The summed E-state index contributed by atoms with van der Waals surface area (Å²) in [6, 6.07) is 11.3. The highest BCUT2D eigenvalue weighted by atomic mass is 16.5. The summed E-state index contributed by atoms with van der Waals surface area (Å²) in [7, 11) is 1.57. The first kappa shape index (κ1) is 21.8. The molecule has 5 rings (SSSR count). The molecule has 0 atom stereocenters. The standard InChI is InChI=1S/C25H25N5O4/c1-25(24(31)32)11-9-17(10-12-25)34-20-7-4-15(13-27-20)18-5-3-16(14-26-18)22-28-19-6-8-21(33-2)29-23(19)30-22/h3-8,13-14,17H,9-12H2,1-2H3,(H,31,32)(H,28,29,30). The quantitative estimate of drug-likeness (QED) is 0.432. The number of carboxylic acid groups (broad SMARTS) is 1. The van der Waals surface area contributed by atoms with Crippen LogP contribution in [0.25, 0.3) is 33.8 Å². The molecule has 1 aliphatic rings. The van der Waals surface area contributed by atoms with Crippen LogP contribution in [0.4, 0.5) is 0 Å². The van der Waals surface area contributed by atoms with Gasteiger partial charge in [0.15, 0.2) is 5.65 Å². The van der Waals surface area contributed by atoms with Crippen molar-refractivity contribution in [3.63, 3.8) is 0 Å². The number of ether oxygens (including phenoxy) is 2. The predicted molar refractivity (Wildman–Crippen MR) is 126 cm³/mol. The van der Waals surface area contributed by atoms with Crippen LogP contribution in [0.5, 0.6) is 11.8 Å². The summed E-state index contributed by atoms with van der Waals surface area (Å²) in [6.07, 6.45) is 6.11. The van der Waals surface area contributed by atoms with E-state index in [1.807, 2.05) is 30.3 Å². The van der Waals surface area contributed by atoms with Crippen molar-refractivity contribution < 1.29 is 19.4 Å². The van der Waals surface area contributed by atoms with Crippen LogP contribution in [0.15, 0.2) is 48.8 Å². The lowest BCUT2D eigenvalue weighted by atomic mass is 9.75. The molecule has 0 bridgehead atoms. The number of methoxy groups -OCH3 is 1. The predicted octanol–water partition coefficient (Wildman–Crippen LogP) is 4.50. The number of fused-ring (bicyclic) bond motifs is 1. The fraction of sp³-hybridized carbons (Fsp3) is 0.320. The van der Waals surface area contributed by atoms with E-state index >= 15 is 0 Å². The molecule has 0 radical (unpaired) electrons. The fourth-order valence-corrected chi connectivity index (χ4v) is 4.16. The van der Waals surface area contributed by atoms with E-state index in [0.29, 0.717) is 48.9 Å². The van der Waals surface area contributed by atoms with Crippen molar-refractivity contribution in [2.24, 2.45) is 5.41 Å². The maximum Gasteiger partial charge on any atom is 0.309 e. The first-order valence-corrected chi connectivity index (χ1v) is 11.2. The molecule has 2 N–H and O–H groups in total. The van der Waals surface area contributed by atoms with Crippen LogP contribution in [0.3, 0.4) is 0 Å². The smallest absolute Gasteiger partial charge is 0.309 e. The Balaban J connectivity index is 1.25. The number of nitrogens with one attached hydrogen (secondary N) is 1. The van der Waals surface area contributed by atoms with Crippen molar-refractivity contribution in [1.82, 2.24) is 24.9 Å². The second-order valence-electron chi connectivity index (χ2n) is 8.81. The molecule has 9 nitrogen and oxygen atoms in total. The van der Waals surface area contributed by atoms with Gasteiger partial charge in [-0.25, -0.2) is 9.97 Å². The maximum atomic E-state index is 11.4. The highest BCUT2D eigenvalue weighted by Gasteiger charge is 2.38. The Kier molecular flexibility index (Phi) is 5.61. The molecule has 34 heavy (non-hydrogen) atoms. The molecule has 1 saturated carbocycles. The maximum absolute atomic E-state index is 11.4. The van der Waals surface area contributed by atoms with E-state index in [-0.39, 0.29) is 6.10 Å². The molecule has 0 aromatic carbocycles. The van der Waals surface area contributed by atoms with Crippen LogP contribution >= 0.6 is 0 Å². The zero-order valence-electron chi connectivity index (χ0n) is 19.0. The van der Waals surface area contributed by atoms with E-state index in [0.717, 1.165) is 22.3 Å². The second-order valence-corrected chi connectivity index (χ2v) is 8.81. The molecule has 4 aromatic heterocycles. The molecule has 0 saturated heterocycles. The van der Waals surface area contributed by atoms with E-state index in [2.05, 4.69) is 24.9 Å². The summed E-state index contributed by atoms with van der Waals surface area (Å²) in [4.78, 5) is 32.5. The Hall–Kier alpha value is -4.01. The number of pyridine rings is 3. The van der Waals surface area contributed by atoms with Gasteiger partial charge in [0.2, 0.25) is 11.8 Å². The monoisotopic (exact) mass is 459 g/mol. The van der Waals surface area contributed by atoms with Crippen molar-refractivity contribution in [2.75, 3.05) is 7.11 Å². The van der Waals surface area contributed by atoms with Gasteiger partial charge in [-0.3, -0.25) is 9.78 Å². The molecule has 0 amide bonds. The number of aromatic amines is 1. The third-order valence-electron chi connectivity index (χ3n) is 6.44. The number of aromatic nitrogens is 5. The normalized spacial score (nSPS) is 20.2. The third-order valence-corrected chi connectivity index (χ3v) is 6.44. The van der Waals surface area contributed by atoms with Gasteiger partial charge in [-0.1, -0.05) is 0 Å². The number of hydrogen-bond donors (Lipinski definition) is 2. The van der Waals surface area contributed by atoms with Gasteiger partial charge in [0.25, 0.3) is 0 Å². The summed E-state index contributed by atoms with van der Waals surface area (Å²) >= 11 is 0. The van der Waals surface area contributed by atoms with E-state index in [9.17, 15) is 9.90 Å². The van der Waals surface area contributed by atoms with E-state index in [4.69, 9.17) is 9.47 Å². The van der Waals surface area contributed by atoms with E-state index in [1.165, 1.54) is 0 Å². The van der Waals surface area contributed by atoms with Crippen molar-refractivity contribution in [1.29, 1.82) is 0 Å². The van der Waals surface area contributed by atoms with Crippen molar-refractivity contribution >= 4 is 17.1 Å². The van der Waals surface area contributed by atoms with Crippen molar-refractivity contribution in [2.45, 2.75) is 38.7 Å². The summed E-state index contributed by atoms with van der Waals surface area (Å²) in [5, 5.41) is 9.38. The number of H-pyrrole nitrogens is 1. The molecule has 4 heterocycles. The van der Waals surface area contributed by atoms with Gasteiger partial charge in [0.05, 0.1) is 23.7 Å². The second kappa shape index (κ2) is 8.74. The zero-order valence-corrected chi connectivity index (χ0v) is 19.0. The Morgan fingerprint density at radius 2 is 1.74 bits per heavy atom. The van der Waals surface area contributed by atoms with Crippen LogP contribution in [0, 0.1) is 5.41 Å². The number of aliphatic carboxylic acids is 1. The molecule has 174 valence electrons. The molecule has 0 unspecified atom stereocenters. The molecule has 0 spiro atoms. The van der Waals surface area contributed by atoms with E-state index in [1.54, 1.807) is 32.5 Å². The van der Waals surface area contributed by atoms with Crippen LogP contribution in [-0.2, 0) is 4.79 Å². The Morgan fingerprint density at radius 1 is 1.00 bits per heavy atom. The minimum Gasteiger partial charge on any atom is -0.481 e. The highest BCUT2D eigenvalue weighted by Crippen LogP contribution is 2.37. The molecule has 0 aliphatic heterocycles. The summed E-state index contributed by atoms with van der Waals surface area (Å²) in [5.41, 5.74) is 3.26. The van der Waals surface area contributed by atoms with Crippen molar-refractivity contribution in [3.05, 3.63) is 48.8 Å². The largest absolute Gasteiger partial charge is 0.481 e. The number of nitrogens with zero attached hydrogens (tertiary/aromatic N) is 4. The average molecular weight is 460 g/mol. The number of hydrogen-bond acceptors (Lipinski definition) is 7. The Labute approximate surface area is 196 Å². The molecule has 1 aliphatic carbocycles. The number of imidazole rings is 1. The molecule has 9 heteroatoms. The van der Waals surface area contributed by atoms with Gasteiger partial charge >= 0.3 is 5.97 Å². The first-order valence-electron chi connectivity index (χ1n) is 11.2. The molecular weight excluding hydrogens is 434 g/mol. The third kappa shape index (κ3) is 4.28. The van der Waals surface area contributed by atoms with E-state index < -0.39 is 11.4 Å². The van der Waals surface area contributed by atoms with Gasteiger partial charge in [0, 0.05) is 35.7 Å². The van der Waals surface area contributed by atoms with Gasteiger partial charge in [-0.2, -0.15) is 4.98 Å². The Morgan fingerprint density at radius 3 is 2.38 bits per heavy atom. The van der Waals surface area contributed by atoms with Crippen molar-refractivity contribution in [3.8, 4) is 34.4 Å². The lowest BCUT2D eigenvalue weighted by molar-refractivity contribution is -0.150. The van der Waals surface area contributed by atoms with Crippen LogP contribution < -0.4 is 9.47 Å². The molecule has 1 fully saturated rings. The number of carboxylic acids is 1. The Bertz CT molecular complexity index is 1310. The van der Waals surface area contributed by atoms with Gasteiger partial charge < -0.3 is 19.6 Å². The number of carbonyl (C=O) groups is 1. The average Bonchev–Trinajstić information content (AvgIpc) is 3.29. The zero-order chi connectivity index (χ0) is 23.7.